The summed E-state index contributed by atoms with van der Waals surface area (Å²) in [6.07, 6.45) is 2.79. The summed E-state index contributed by atoms with van der Waals surface area (Å²) >= 11 is 0. The average Bonchev–Trinajstić information content (AvgIpc) is 3.10. The summed E-state index contributed by atoms with van der Waals surface area (Å²) in [5, 5.41) is 4.28. The van der Waals surface area contributed by atoms with Gasteiger partial charge in [0.25, 0.3) is 0 Å². The molecule has 0 aliphatic heterocycles. The third kappa shape index (κ3) is 6.36. The third-order valence-electron chi connectivity index (χ3n) is 5.27. The molecule has 2 aromatic heterocycles. The molecule has 1 aromatic carbocycles. The number of hydrogen-bond acceptors (Lipinski definition) is 6. The summed E-state index contributed by atoms with van der Waals surface area (Å²) in [6.45, 7) is 10.0. The number of aromatic nitrogens is 4. The Hall–Kier alpha value is -2.78. The summed E-state index contributed by atoms with van der Waals surface area (Å²) in [6, 6.07) is 9.02. The first-order chi connectivity index (χ1) is 15.1. The van der Waals surface area contributed by atoms with Crippen molar-refractivity contribution in [3.05, 3.63) is 41.9 Å². The Balaban J connectivity index is 1.81. The maximum Gasteiger partial charge on any atom is 0.230 e. The summed E-state index contributed by atoms with van der Waals surface area (Å²) in [5.41, 5.74) is 2.72. The second-order valence-electron chi connectivity index (χ2n) is 9.41. The van der Waals surface area contributed by atoms with E-state index >= 15 is 0 Å². The Morgan fingerprint density at radius 3 is 2.66 bits per heavy atom. The van der Waals surface area contributed by atoms with E-state index in [0.717, 1.165) is 28.3 Å². The quantitative estimate of drug-likeness (QED) is 0.365. The number of carbonyl (C=O) groups is 1. The lowest BCUT2D eigenvalue weighted by molar-refractivity contribution is -0.128. The first kappa shape index (κ1) is 23.9. The van der Waals surface area contributed by atoms with Crippen molar-refractivity contribution >= 4 is 36.8 Å². The Morgan fingerprint density at radius 2 is 1.94 bits per heavy atom. The molecule has 0 saturated carbocycles. The number of benzene rings is 1. The molecule has 3 rings (SSSR count). The molecule has 2 heterocycles. The molecule has 9 heteroatoms. The number of anilines is 2. The van der Waals surface area contributed by atoms with Crippen LogP contribution in [0.15, 0.2) is 30.5 Å². The number of nitrogens with one attached hydrogen (secondary N) is 1. The highest BCUT2D eigenvalue weighted by Crippen LogP contribution is 2.21. The van der Waals surface area contributed by atoms with Gasteiger partial charge in [-0.1, -0.05) is 37.8 Å². The second-order valence-corrected chi connectivity index (χ2v) is 15.0. The van der Waals surface area contributed by atoms with E-state index in [9.17, 15) is 4.79 Å². The van der Waals surface area contributed by atoms with Crippen molar-refractivity contribution in [3.8, 4) is 0 Å². The number of imidazole rings is 1. The Bertz CT molecular complexity index is 1070. The number of fused-ring (bicyclic) bond motifs is 1. The van der Waals surface area contributed by atoms with Crippen LogP contribution in [0.3, 0.4) is 0 Å². The molecule has 8 nitrogen and oxygen atoms in total. The zero-order valence-electron chi connectivity index (χ0n) is 20.0. The van der Waals surface area contributed by atoms with Gasteiger partial charge in [0.15, 0.2) is 0 Å². The topological polar surface area (TPSA) is 85.2 Å². The van der Waals surface area contributed by atoms with Crippen LogP contribution in [-0.4, -0.2) is 59.1 Å². The Labute approximate surface area is 191 Å². The summed E-state index contributed by atoms with van der Waals surface area (Å²) in [7, 11) is 2.36. The van der Waals surface area contributed by atoms with Crippen molar-refractivity contribution in [2.24, 2.45) is 0 Å². The fourth-order valence-electron chi connectivity index (χ4n) is 3.24. The van der Waals surface area contributed by atoms with Crippen LogP contribution in [0.1, 0.15) is 17.8 Å². The van der Waals surface area contributed by atoms with Gasteiger partial charge in [-0.25, -0.2) is 15.0 Å². The van der Waals surface area contributed by atoms with Crippen LogP contribution in [0.4, 0.5) is 11.9 Å². The molecule has 32 heavy (non-hydrogen) atoms. The minimum Gasteiger partial charge on any atom is -0.361 e. The van der Waals surface area contributed by atoms with Crippen LogP contribution in [0, 0.1) is 6.92 Å². The molecule has 0 aliphatic carbocycles. The molecule has 0 atom stereocenters. The maximum atomic E-state index is 12.1. The summed E-state index contributed by atoms with van der Waals surface area (Å²) < 4.78 is 7.98. The fraction of sp³-hybridized carbons (Fsp3) is 0.478. The van der Waals surface area contributed by atoms with Gasteiger partial charge < -0.3 is 9.64 Å². The van der Waals surface area contributed by atoms with E-state index < -0.39 is 8.07 Å². The van der Waals surface area contributed by atoms with E-state index in [1.165, 1.54) is 0 Å². The highest BCUT2D eigenvalue weighted by atomic mass is 28.3. The number of carbonyl (C=O) groups excluding carboxylic acids is 1. The van der Waals surface area contributed by atoms with Crippen LogP contribution in [0.2, 0.25) is 25.7 Å². The molecule has 0 fully saturated rings. The lowest BCUT2D eigenvalue weighted by atomic mass is 10.2. The molecule has 172 valence electrons. The van der Waals surface area contributed by atoms with Crippen molar-refractivity contribution in [2.75, 3.05) is 26.0 Å². The van der Waals surface area contributed by atoms with Gasteiger partial charge in [-0.05, 0) is 25.5 Å². The van der Waals surface area contributed by atoms with Gasteiger partial charge in [-0.2, -0.15) is 0 Å². The van der Waals surface area contributed by atoms with Crippen LogP contribution in [0.25, 0.3) is 10.9 Å². The van der Waals surface area contributed by atoms with E-state index in [1.54, 1.807) is 25.2 Å². The van der Waals surface area contributed by atoms with Crippen LogP contribution < -0.4 is 5.32 Å². The molecule has 3 aromatic rings. The van der Waals surface area contributed by atoms with Crippen LogP contribution in [0.5, 0.6) is 0 Å². The van der Waals surface area contributed by atoms with Gasteiger partial charge in [0.05, 0.1) is 17.4 Å². The largest absolute Gasteiger partial charge is 0.361 e. The van der Waals surface area contributed by atoms with Crippen molar-refractivity contribution in [3.63, 3.8) is 0 Å². The van der Waals surface area contributed by atoms with E-state index in [0.29, 0.717) is 38.1 Å². The number of hydrogen-bond donors (Lipinski definition) is 1. The van der Waals surface area contributed by atoms with Crippen molar-refractivity contribution < 1.29 is 9.53 Å². The lowest BCUT2D eigenvalue weighted by Gasteiger charge is -2.17. The van der Waals surface area contributed by atoms with E-state index in [-0.39, 0.29) is 5.91 Å². The van der Waals surface area contributed by atoms with Crippen LogP contribution in [-0.2, 0) is 22.7 Å². The van der Waals surface area contributed by atoms with Gasteiger partial charge >= 0.3 is 0 Å². The molecule has 1 amide bonds. The van der Waals surface area contributed by atoms with Gasteiger partial charge in [-0.15, -0.1) is 0 Å². The van der Waals surface area contributed by atoms with Crippen molar-refractivity contribution in [1.29, 1.82) is 0 Å². The number of ether oxygens (including phenoxy) is 1. The molecule has 0 spiro atoms. The smallest absolute Gasteiger partial charge is 0.230 e. The molecule has 0 radical (unpaired) electrons. The Kier molecular flexibility index (Phi) is 7.63. The van der Waals surface area contributed by atoms with E-state index in [2.05, 4.69) is 39.9 Å². The van der Waals surface area contributed by atoms with Crippen molar-refractivity contribution in [2.45, 2.75) is 52.2 Å². The van der Waals surface area contributed by atoms with Gasteiger partial charge in [-0.3, -0.25) is 14.7 Å². The molecule has 0 bridgehead atoms. The molecule has 0 saturated heterocycles. The SMILES string of the molecule is Cc1nc(Nc2ncc(CCC(=O)N(C)C)n2COCC[Si](C)(C)C)nc2ccccc12. The zero-order valence-corrected chi connectivity index (χ0v) is 21.0. The Morgan fingerprint density at radius 1 is 1.19 bits per heavy atom. The standard InChI is InChI=1S/C23H34N6O2Si/c1-17-19-9-7-8-10-20(19)26-22(25-17)27-23-24-15-18(11-12-21(30)28(2)3)29(23)16-31-13-14-32(4,5)6/h7-10,15H,11-14,16H2,1-6H3,(H,24,25,26,27). The normalized spacial score (nSPS) is 11.7. The first-order valence-electron chi connectivity index (χ1n) is 11.0. The minimum absolute atomic E-state index is 0.0837. The minimum atomic E-state index is -1.18. The zero-order chi connectivity index (χ0) is 23.3. The first-order valence-corrected chi connectivity index (χ1v) is 14.7. The fourth-order valence-corrected chi connectivity index (χ4v) is 4.00. The third-order valence-corrected chi connectivity index (χ3v) is 6.97. The van der Waals surface area contributed by atoms with E-state index in [4.69, 9.17) is 4.74 Å². The molecular weight excluding hydrogens is 420 g/mol. The highest BCUT2D eigenvalue weighted by Gasteiger charge is 2.16. The molecular formula is C23H34N6O2Si. The average molecular weight is 455 g/mol. The lowest BCUT2D eigenvalue weighted by Crippen LogP contribution is -2.23. The highest BCUT2D eigenvalue weighted by molar-refractivity contribution is 6.76. The maximum absolute atomic E-state index is 12.1. The van der Waals surface area contributed by atoms with Gasteiger partial charge in [0.1, 0.15) is 6.73 Å². The second kappa shape index (κ2) is 10.2. The number of nitrogens with zero attached hydrogens (tertiary/aromatic N) is 5. The molecule has 0 unspecified atom stereocenters. The van der Waals surface area contributed by atoms with E-state index in [1.807, 2.05) is 35.8 Å². The van der Waals surface area contributed by atoms with Crippen molar-refractivity contribution in [1.82, 2.24) is 24.4 Å². The van der Waals surface area contributed by atoms with Gasteiger partial charge in [0.2, 0.25) is 17.8 Å². The number of aryl methyl sites for hydroxylation is 2. The monoisotopic (exact) mass is 454 g/mol. The number of rotatable bonds is 10. The number of amides is 1. The predicted molar refractivity (Wildman–Crippen MR) is 131 cm³/mol. The van der Waals surface area contributed by atoms with Crippen LogP contribution >= 0.6 is 0 Å². The molecule has 1 N–H and O–H groups in total. The molecule has 0 aliphatic rings. The predicted octanol–water partition coefficient (Wildman–Crippen LogP) is 4.21. The van der Waals surface area contributed by atoms with Gasteiger partial charge in [0, 0.05) is 46.3 Å². The summed E-state index contributed by atoms with van der Waals surface area (Å²) in [5.74, 6) is 1.19. The summed E-state index contributed by atoms with van der Waals surface area (Å²) in [4.78, 5) is 27.5. The number of para-hydroxylation sites is 1.